The Morgan fingerprint density at radius 2 is 2.17 bits per heavy atom. The van der Waals surface area contributed by atoms with Crippen molar-refractivity contribution in [1.82, 2.24) is 25.4 Å². The van der Waals surface area contributed by atoms with Crippen molar-refractivity contribution in [2.75, 3.05) is 13.1 Å². The first kappa shape index (κ1) is 17.5. The minimum Gasteiger partial charge on any atom is -0.357 e. The molecule has 0 atom stereocenters. The first-order valence-corrected chi connectivity index (χ1v) is 8.96. The number of nitrogens with one attached hydrogen (secondary N) is 2. The number of aliphatic imine (C=N–C) groups is 1. The Hall–Kier alpha value is -1.89. The zero-order valence-corrected chi connectivity index (χ0v) is 15.0. The molecule has 2 N–H and O–H groups in total. The lowest BCUT2D eigenvalue weighted by Gasteiger charge is -2.10. The summed E-state index contributed by atoms with van der Waals surface area (Å²) in [5.41, 5.74) is 1.27. The Bertz CT molecular complexity index is 616. The maximum absolute atomic E-state index is 4.61. The van der Waals surface area contributed by atoms with Crippen molar-refractivity contribution in [1.29, 1.82) is 0 Å². The number of nitrogens with zero attached hydrogens (tertiary/aromatic N) is 4. The Labute approximate surface area is 142 Å². The Balaban J connectivity index is 1.76. The Morgan fingerprint density at radius 3 is 2.83 bits per heavy atom. The van der Waals surface area contributed by atoms with Gasteiger partial charge in [-0.25, -0.2) is 9.98 Å². The smallest absolute Gasteiger partial charge is 0.191 e. The van der Waals surface area contributed by atoms with Crippen molar-refractivity contribution in [2.24, 2.45) is 12.0 Å². The van der Waals surface area contributed by atoms with Crippen molar-refractivity contribution in [3.8, 4) is 0 Å². The molecular formula is C16H26N6S. The van der Waals surface area contributed by atoms with Crippen LogP contribution in [0.15, 0.2) is 23.6 Å². The fourth-order valence-corrected chi connectivity index (χ4v) is 2.96. The molecule has 0 fully saturated rings. The summed E-state index contributed by atoms with van der Waals surface area (Å²) in [5, 5.41) is 11.9. The van der Waals surface area contributed by atoms with Crippen LogP contribution in [-0.2, 0) is 26.4 Å². The average molecular weight is 334 g/mol. The van der Waals surface area contributed by atoms with Gasteiger partial charge in [0.1, 0.15) is 5.01 Å². The number of hydrogen-bond donors (Lipinski definition) is 2. The van der Waals surface area contributed by atoms with Crippen LogP contribution in [0, 0.1) is 0 Å². The molecule has 0 amide bonds. The second-order valence-electron chi connectivity index (χ2n) is 5.32. The van der Waals surface area contributed by atoms with E-state index in [0.29, 0.717) is 6.54 Å². The molecule has 0 spiro atoms. The van der Waals surface area contributed by atoms with Crippen molar-refractivity contribution in [2.45, 2.75) is 39.7 Å². The highest BCUT2D eigenvalue weighted by molar-refractivity contribution is 7.11. The van der Waals surface area contributed by atoms with Crippen LogP contribution in [0.2, 0.25) is 0 Å². The van der Waals surface area contributed by atoms with Gasteiger partial charge in [0.15, 0.2) is 5.96 Å². The lowest BCUT2D eigenvalue weighted by Crippen LogP contribution is -2.37. The number of hydrogen-bond acceptors (Lipinski definition) is 4. The van der Waals surface area contributed by atoms with Gasteiger partial charge in [-0.05, 0) is 31.7 Å². The van der Waals surface area contributed by atoms with Gasteiger partial charge in [0.25, 0.3) is 0 Å². The summed E-state index contributed by atoms with van der Waals surface area (Å²) >= 11 is 1.74. The largest absolute Gasteiger partial charge is 0.357 e. The second kappa shape index (κ2) is 9.29. The first-order chi connectivity index (χ1) is 11.2. The predicted octanol–water partition coefficient (Wildman–Crippen LogP) is 2.13. The van der Waals surface area contributed by atoms with E-state index in [-0.39, 0.29) is 0 Å². The molecule has 23 heavy (non-hydrogen) atoms. The van der Waals surface area contributed by atoms with Gasteiger partial charge in [-0.15, -0.1) is 11.3 Å². The van der Waals surface area contributed by atoms with Gasteiger partial charge in [0, 0.05) is 37.4 Å². The van der Waals surface area contributed by atoms with E-state index in [0.717, 1.165) is 43.3 Å². The highest BCUT2D eigenvalue weighted by Crippen LogP contribution is 2.13. The fourth-order valence-electron chi connectivity index (χ4n) is 2.17. The van der Waals surface area contributed by atoms with Crippen LogP contribution in [0.4, 0.5) is 0 Å². The molecular weight excluding hydrogens is 308 g/mol. The highest BCUT2D eigenvalue weighted by atomic mass is 32.1. The van der Waals surface area contributed by atoms with Crippen molar-refractivity contribution in [3.63, 3.8) is 0 Å². The molecule has 0 saturated carbocycles. The van der Waals surface area contributed by atoms with Crippen LogP contribution < -0.4 is 10.6 Å². The van der Waals surface area contributed by atoms with Crippen molar-refractivity contribution in [3.05, 3.63) is 34.0 Å². The van der Waals surface area contributed by atoms with Crippen molar-refractivity contribution < 1.29 is 0 Å². The van der Waals surface area contributed by atoms with Gasteiger partial charge in [0.05, 0.1) is 12.7 Å². The minimum absolute atomic E-state index is 0.628. The summed E-state index contributed by atoms with van der Waals surface area (Å²) < 4.78 is 1.84. The molecule has 0 unspecified atom stereocenters. The summed E-state index contributed by atoms with van der Waals surface area (Å²) in [4.78, 5) is 10.3. The maximum Gasteiger partial charge on any atom is 0.191 e. The lowest BCUT2D eigenvalue weighted by atomic mass is 10.2. The fraction of sp³-hybridized carbons (Fsp3) is 0.562. The van der Waals surface area contributed by atoms with Gasteiger partial charge in [-0.3, -0.25) is 4.68 Å². The molecule has 0 radical (unpaired) electrons. The quantitative estimate of drug-likeness (QED) is 0.441. The summed E-state index contributed by atoms with van der Waals surface area (Å²) in [6.45, 7) is 6.59. The molecule has 0 aliphatic carbocycles. The first-order valence-electron chi connectivity index (χ1n) is 8.14. The van der Waals surface area contributed by atoms with Gasteiger partial charge in [0.2, 0.25) is 0 Å². The number of thiazole rings is 1. The van der Waals surface area contributed by atoms with Gasteiger partial charge < -0.3 is 10.6 Å². The van der Waals surface area contributed by atoms with Gasteiger partial charge >= 0.3 is 0 Å². The van der Waals surface area contributed by atoms with Crippen LogP contribution >= 0.6 is 11.3 Å². The highest BCUT2D eigenvalue weighted by Gasteiger charge is 2.02. The van der Waals surface area contributed by atoms with E-state index in [2.05, 4.69) is 45.8 Å². The minimum atomic E-state index is 0.628. The molecule has 0 aliphatic rings. The Morgan fingerprint density at radius 1 is 1.30 bits per heavy atom. The zero-order valence-electron chi connectivity index (χ0n) is 14.2. The molecule has 2 aromatic heterocycles. The summed E-state index contributed by atoms with van der Waals surface area (Å²) in [5.74, 6) is 0.854. The monoisotopic (exact) mass is 334 g/mol. The number of aryl methyl sites for hydroxylation is 3. The molecule has 0 saturated heterocycles. The summed E-state index contributed by atoms with van der Waals surface area (Å²) in [6.07, 6.45) is 9.04. The third kappa shape index (κ3) is 6.02. The van der Waals surface area contributed by atoms with E-state index in [4.69, 9.17) is 0 Å². The van der Waals surface area contributed by atoms with Crippen LogP contribution in [0.25, 0.3) is 0 Å². The third-order valence-electron chi connectivity index (χ3n) is 3.36. The third-order valence-corrected chi connectivity index (χ3v) is 4.49. The van der Waals surface area contributed by atoms with Crippen LogP contribution in [0.5, 0.6) is 0 Å². The standard InChI is InChI=1S/C16H26N6S/c1-4-14-10-19-15(23-14)11-20-16(17-5-2)18-8-6-7-13-9-21-22(3)12-13/h9-10,12H,4-8,11H2,1-3H3,(H2,17,18,20). The van der Waals surface area contributed by atoms with E-state index >= 15 is 0 Å². The molecule has 0 aromatic carbocycles. The van der Waals surface area contributed by atoms with E-state index in [1.807, 2.05) is 24.1 Å². The van der Waals surface area contributed by atoms with E-state index < -0.39 is 0 Å². The predicted molar refractivity (Wildman–Crippen MR) is 95.8 cm³/mol. The normalized spacial score (nSPS) is 11.7. The van der Waals surface area contributed by atoms with E-state index in [1.54, 1.807) is 11.3 Å². The number of rotatable bonds is 8. The van der Waals surface area contributed by atoms with Crippen molar-refractivity contribution >= 4 is 17.3 Å². The average Bonchev–Trinajstić information content (AvgIpc) is 3.17. The molecule has 6 nitrogen and oxygen atoms in total. The molecule has 2 aromatic rings. The van der Waals surface area contributed by atoms with Gasteiger partial charge in [-0.1, -0.05) is 6.92 Å². The van der Waals surface area contributed by atoms with Crippen LogP contribution in [0.3, 0.4) is 0 Å². The molecule has 2 rings (SSSR count). The SMILES string of the molecule is CCNC(=NCc1ncc(CC)s1)NCCCc1cnn(C)c1. The molecule has 7 heteroatoms. The van der Waals surface area contributed by atoms with Crippen LogP contribution in [-0.4, -0.2) is 33.8 Å². The number of guanidine groups is 1. The van der Waals surface area contributed by atoms with E-state index in [9.17, 15) is 0 Å². The summed E-state index contributed by atoms with van der Waals surface area (Å²) in [6, 6.07) is 0. The summed E-state index contributed by atoms with van der Waals surface area (Å²) in [7, 11) is 1.94. The lowest BCUT2D eigenvalue weighted by molar-refractivity contribution is 0.740. The van der Waals surface area contributed by atoms with Crippen LogP contribution in [0.1, 0.15) is 35.7 Å². The number of aromatic nitrogens is 3. The molecule has 2 heterocycles. The zero-order chi connectivity index (χ0) is 16.5. The topological polar surface area (TPSA) is 67.1 Å². The second-order valence-corrected chi connectivity index (χ2v) is 6.52. The maximum atomic E-state index is 4.61. The Kier molecular flexibility index (Phi) is 7.06. The molecule has 0 bridgehead atoms. The van der Waals surface area contributed by atoms with Gasteiger partial charge in [-0.2, -0.15) is 5.10 Å². The molecule has 0 aliphatic heterocycles. The molecule has 126 valence electrons. The van der Waals surface area contributed by atoms with E-state index in [1.165, 1.54) is 10.4 Å².